The van der Waals surface area contributed by atoms with Gasteiger partial charge in [-0.25, -0.2) is 0 Å². The highest BCUT2D eigenvalue weighted by Crippen LogP contribution is 2.13. The standard InChI is InChI=1S/C9H10OS/c10-7-3-5-8-4-1-2-6-9(8)11/h1-4,6-7,10-11H,5H2. The van der Waals surface area contributed by atoms with E-state index >= 15 is 0 Å². The number of hydrogen-bond donors (Lipinski definition) is 2. The average Bonchev–Trinajstić information content (AvgIpc) is 2.03. The van der Waals surface area contributed by atoms with Crippen LogP contribution in [-0.4, -0.2) is 5.11 Å². The van der Waals surface area contributed by atoms with E-state index in [1.54, 1.807) is 6.08 Å². The molecule has 1 aromatic rings. The van der Waals surface area contributed by atoms with Gasteiger partial charge in [-0.15, -0.1) is 12.6 Å². The maximum Gasteiger partial charge on any atom is 0.0755 e. The van der Waals surface area contributed by atoms with E-state index in [9.17, 15) is 0 Å². The van der Waals surface area contributed by atoms with E-state index in [4.69, 9.17) is 5.11 Å². The van der Waals surface area contributed by atoms with Crippen molar-refractivity contribution in [1.29, 1.82) is 0 Å². The molecule has 0 saturated heterocycles. The molecule has 0 radical (unpaired) electrons. The first-order valence-electron chi connectivity index (χ1n) is 3.40. The van der Waals surface area contributed by atoms with E-state index in [0.29, 0.717) is 0 Å². The molecule has 0 bridgehead atoms. The molecule has 0 aliphatic rings. The maximum atomic E-state index is 8.41. The van der Waals surface area contributed by atoms with Gasteiger partial charge in [0.1, 0.15) is 0 Å². The fourth-order valence-electron chi connectivity index (χ4n) is 0.863. The number of hydrogen-bond acceptors (Lipinski definition) is 2. The van der Waals surface area contributed by atoms with Crippen molar-refractivity contribution in [2.24, 2.45) is 0 Å². The first-order chi connectivity index (χ1) is 5.34. The Labute approximate surface area is 71.8 Å². The molecule has 0 amide bonds. The molecule has 2 heteroatoms. The van der Waals surface area contributed by atoms with Crippen LogP contribution in [0, 0.1) is 0 Å². The average molecular weight is 166 g/mol. The summed E-state index contributed by atoms with van der Waals surface area (Å²) in [5.41, 5.74) is 1.13. The Balaban J connectivity index is 2.77. The minimum atomic E-state index is 0.732. The molecule has 0 atom stereocenters. The Bertz CT molecular complexity index is 255. The van der Waals surface area contributed by atoms with Crippen molar-refractivity contribution in [3.63, 3.8) is 0 Å². The van der Waals surface area contributed by atoms with Gasteiger partial charge in [-0.05, 0) is 24.1 Å². The second-order valence-corrected chi connectivity index (χ2v) is 2.70. The summed E-state index contributed by atoms with van der Waals surface area (Å²) < 4.78 is 0. The van der Waals surface area contributed by atoms with Crippen LogP contribution in [-0.2, 0) is 6.42 Å². The van der Waals surface area contributed by atoms with E-state index in [2.05, 4.69) is 12.6 Å². The lowest BCUT2D eigenvalue weighted by molar-refractivity contribution is 0.471. The van der Waals surface area contributed by atoms with Gasteiger partial charge in [0, 0.05) is 4.90 Å². The van der Waals surface area contributed by atoms with Gasteiger partial charge < -0.3 is 5.11 Å². The summed E-state index contributed by atoms with van der Waals surface area (Å²) in [7, 11) is 0. The van der Waals surface area contributed by atoms with Crippen LogP contribution in [0.3, 0.4) is 0 Å². The van der Waals surface area contributed by atoms with Crippen molar-refractivity contribution < 1.29 is 5.11 Å². The molecular weight excluding hydrogens is 156 g/mol. The molecule has 0 aromatic heterocycles. The second kappa shape index (κ2) is 4.09. The van der Waals surface area contributed by atoms with Crippen LogP contribution in [0.25, 0.3) is 0 Å². The summed E-state index contributed by atoms with van der Waals surface area (Å²) in [5.74, 6) is 0. The first-order valence-corrected chi connectivity index (χ1v) is 3.85. The highest BCUT2D eigenvalue weighted by molar-refractivity contribution is 7.80. The normalized spacial score (nSPS) is 10.6. The minimum absolute atomic E-state index is 0.732. The lowest BCUT2D eigenvalue weighted by Crippen LogP contribution is -1.81. The van der Waals surface area contributed by atoms with E-state index in [1.807, 2.05) is 24.3 Å². The van der Waals surface area contributed by atoms with Crippen LogP contribution in [0.15, 0.2) is 41.5 Å². The molecule has 11 heavy (non-hydrogen) atoms. The Kier molecular flexibility index (Phi) is 3.05. The third kappa shape index (κ3) is 2.31. The molecular formula is C9H10OS. The van der Waals surface area contributed by atoms with Crippen molar-refractivity contribution in [2.45, 2.75) is 11.3 Å². The van der Waals surface area contributed by atoms with E-state index in [-0.39, 0.29) is 0 Å². The van der Waals surface area contributed by atoms with Gasteiger partial charge in [0.2, 0.25) is 0 Å². The molecule has 1 N–H and O–H groups in total. The lowest BCUT2D eigenvalue weighted by atomic mass is 10.1. The fourth-order valence-corrected chi connectivity index (χ4v) is 1.12. The smallest absolute Gasteiger partial charge is 0.0755 e. The molecule has 0 spiro atoms. The zero-order chi connectivity index (χ0) is 8.10. The van der Waals surface area contributed by atoms with E-state index in [0.717, 1.165) is 23.1 Å². The van der Waals surface area contributed by atoms with Gasteiger partial charge >= 0.3 is 0 Å². The largest absolute Gasteiger partial charge is 0.516 e. The summed E-state index contributed by atoms with van der Waals surface area (Å²) in [6, 6.07) is 7.82. The molecule has 0 heterocycles. The summed E-state index contributed by atoms with van der Waals surface area (Å²) in [6.07, 6.45) is 3.48. The number of rotatable bonds is 2. The van der Waals surface area contributed by atoms with Crippen LogP contribution in [0.2, 0.25) is 0 Å². The van der Waals surface area contributed by atoms with E-state index < -0.39 is 0 Å². The number of aliphatic hydroxyl groups excluding tert-OH is 1. The summed E-state index contributed by atoms with van der Waals surface area (Å²) in [4.78, 5) is 0.964. The maximum absolute atomic E-state index is 8.41. The van der Waals surface area contributed by atoms with Crippen LogP contribution < -0.4 is 0 Å². The van der Waals surface area contributed by atoms with Gasteiger partial charge in [0.25, 0.3) is 0 Å². The van der Waals surface area contributed by atoms with Crippen molar-refractivity contribution in [1.82, 2.24) is 0 Å². The van der Waals surface area contributed by atoms with Gasteiger partial charge in [-0.1, -0.05) is 18.2 Å². The topological polar surface area (TPSA) is 20.2 Å². The molecule has 1 aromatic carbocycles. The number of allylic oxidation sites excluding steroid dienone is 1. The van der Waals surface area contributed by atoms with Gasteiger partial charge in [0.05, 0.1) is 6.26 Å². The van der Waals surface area contributed by atoms with Crippen molar-refractivity contribution in [3.8, 4) is 0 Å². The number of benzene rings is 1. The third-order valence-corrected chi connectivity index (χ3v) is 1.87. The third-order valence-electron chi connectivity index (χ3n) is 1.43. The lowest BCUT2D eigenvalue weighted by Gasteiger charge is -1.98. The Morgan fingerprint density at radius 2 is 2.09 bits per heavy atom. The zero-order valence-corrected chi connectivity index (χ0v) is 6.96. The number of aliphatic hydroxyl groups is 1. The Morgan fingerprint density at radius 3 is 2.73 bits per heavy atom. The van der Waals surface area contributed by atoms with Crippen molar-refractivity contribution in [2.75, 3.05) is 0 Å². The predicted octanol–water partition coefficient (Wildman–Crippen LogP) is 2.59. The predicted molar refractivity (Wildman–Crippen MR) is 49.2 cm³/mol. The fraction of sp³-hybridized carbons (Fsp3) is 0.111. The second-order valence-electron chi connectivity index (χ2n) is 2.22. The molecule has 0 unspecified atom stereocenters. The quantitative estimate of drug-likeness (QED) is 0.511. The van der Waals surface area contributed by atoms with Gasteiger partial charge in [-0.3, -0.25) is 0 Å². The van der Waals surface area contributed by atoms with Crippen LogP contribution in [0.5, 0.6) is 0 Å². The molecule has 1 nitrogen and oxygen atoms in total. The van der Waals surface area contributed by atoms with Crippen molar-refractivity contribution >= 4 is 12.6 Å². The molecule has 58 valence electrons. The summed E-state index contributed by atoms with van der Waals surface area (Å²) >= 11 is 4.26. The van der Waals surface area contributed by atoms with Gasteiger partial charge in [0.15, 0.2) is 0 Å². The van der Waals surface area contributed by atoms with Gasteiger partial charge in [-0.2, -0.15) is 0 Å². The molecule has 0 aliphatic carbocycles. The SMILES string of the molecule is OC=CCc1ccccc1S. The number of thiol groups is 1. The monoisotopic (exact) mass is 166 g/mol. The summed E-state index contributed by atoms with van der Waals surface area (Å²) in [6.45, 7) is 0. The Hall–Kier alpha value is -0.890. The van der Waals surface area contributed by atoms with Crippen molar-refractivity contribution in [3.05, 3.63) is 42.2 Å². The van der Waals surface area contributed by atoms with Crippen LogP contribution in [0.1, 0.15) is 5.56 Å². The molecule has 0 aliphatic heterocycles. The molecule has 0 saturated carbocycles. The molecule has 1 rings (SSSR count). The first kappa shape index (κ1) is 8.21. The molecule has 0 fully saturated rings. The van der Waals surface area contributed by atoms with E-state index in [1.165, 1.54) is 0 Å². The highest BCUT2D eigenvalue weighted by Gasteiger charge is 1.92. The van der Waals surface area contributed by atoms with Crippen LogP contribution >= 0.6 is 12.6 Å². The van der Waals surface area contributed by atoms with Crippen LogP contribution in [0.4, 0.5) is 0 Å². The minimum Gasteiger partial charge on any atom is -0.516 e. The highest BCUT2D eigenvalue weighted by atomic mass is 32.1. The Morgan fingerprint density at radius 1 is 1.36 bits per heavy atom. The zero-order valence-electron chi connectivity index (χ0n) is 6.07. The summed E-state index contributed by atoms with van der Waals surface area (Å²) in [5, 5.41) is 8.41.